The van der Waals surface area contributed by atoms with Crippen LogP contribution in [0.3, 0.4) is 0 Å². The van der Waals surface area contributed by atoms with E-state index in [1.54, 1.807) is 11.8 Å². The maximum Gasteiger partial charge on any atom is 0.193 e. The van der Waals surface area contributed by atoms with Crippen LogP contribution in [0.5, 0.6) is 0 Å². The highest BCUT2D eigenvalue weighted by atomic mass is 79.9. The topological polar surface area (TPSA) is 17.1 Å². The summed E-state index contributed by atoms with van der Waals surface area (Å²) in [5.41, 5.74) is 1.43. The summed E-state index contributed by atoms with van der Waals surface area (Å²) in [5, 5.41) is 0. The van der Waals surface area contributed by atoms with Gasteiger partial charge >= 0.3 is 0 Å². The summed E-state index contributed by atoms with van der Waals surface area (Å²) in [6, 6.07) is 25.3. The molecule has 0 heterocycles. The monoisotopic (exact) mass is 368 g/mol. The normalized spacial score (nSPS) is 10.4. The van der Waals surface area contributed by atoms with Crippen molar-refractivity contribution in [3.05, 3.63) is 94.5 Å². The summed E-state index contributed by atoms with van der Waals surface area (Å²) >= 11 is 5.11. The van der Waals surface area contributed by atoms with Crippen LogP contribution in [-0.4, -0.2) is 5.78 Å². The molecule has 0 spiro atoms. The largest absolute Gasteiger partial charge is 0.289 e. The minimum absolute atomic E-state index is 0.0563. The molecule has 0 fully saturated rings. The molecule has 3 rings (SSSR count). The smallest absolute Gasteiger partial charge is 0.193 e. The van der Waals surface area contributed by atoms with E-state index in [1.807, 2.05) is 66.7 Å². The van der Waals surface area contributed by atoms with Crippen LogP contribution in [0.1, 0.15) is 15.9 Å². The number of ketones is 1. The Labute approximate surface area is 142 Å². The molecule has 0 amide bonds. The third-order valence-corrected chi connectivity index (χ3v) is 4.75. The molecule has 0 unspecified atom stereocenters. The van der Waals surface area contributed by atoms with Crippen LogP contribution in [0.25, 0.3) is 0 Å². The zero-order valence-electron chi connectivity index (χ0n) is 11.7. The van der Waals surface area contributed by atoms with Crippen molar-refractivity contribution in [1.82, 2.24) is 0 Å². The quantitative estimate of drug-likeness (QED) is 0.538. The van der Waals surface area contributed by atoms with Gasteiger partial charge in [-0.1, -0.05) is 58.0 Å². The van der Waals surface area contributed by atoms with E-state index in [2.05, 4.69) is 28.1 Å². The van der Waals surface area contributed by atoms with Crippen molar-refractivity contribution >= 4 is 33.5 Å². The minimum Gasteiger partial charge on any atom is -0.289 e. The number of benzene rings is 3. The molecule has 108 valence electrons. The lowest BCUT2D eigenvalue weighted by atomic mass is 10.0. The van der Waals surface area contributed by atoms with E-state index in [-0.39, 0.29) is 5.78 Å². The number of halogens is 1. The average Bonchev–Trinajstić information content (AvgIpc) is 2.58. The molecule has 3 aromatic rings. The third kappa shape index (κ3) is 3.67. The van der Waals surface area contributed by atoms with Gasteiger partial charge in [-0.15, -0.1) is 0 Å². The van der Waals surface area contributed by atoms with E-state index < -0.39 is 0 Å². The summed E-state index contributed by atoms with van der Waals surface area (Å²) in [7, 11) is 0. The predicted octanol–water partition coefficient (Wildman–Crippen LogP) is 5.83. The Hall–Kier alpha value is -1.84. The zero-order chi connectivity index (χ0) is 15.4. The summed E-state index contributed by atoms with van der Waals surface area (Å²) in [6.07, 6.45) is 0. The fourth-order valence-electron chi connectivity index (χ4n) is 2.07. The van der Waals surface area contributed by atoms with Gasteiger partial charge in [0.2, 0.25) is 0 Å². The first kappa shape index (κ1) is 15.1. The average molecular weight is 369 g/mol. The molecular weight excluding hydrogens is 356 g/mol. The van der Waals surface area contributed by atoms with Gasteiger partial charge in [0.15, 0.2) is 5.78 Å². The highest BCUT2D eigenvalue weighted by Gasteiger charge is 2.08. The Balaban J connectivity index is 1.75. The van der Waals surface area contributed by atoms with Crippen molar-refractivity contribution in [2.45, 2.75) is 9.79 Å². The Morgan fingerprint density at radius 2 is 1.18 bits per heavy atom. The van der Waals surface area contributed by atoms with Gasteiger partial charge in [0, 0.05) is 25.4 Å². The van der Waals surface area contributed by atoms with Crippen molar-refractivity contribution in [3.63, 3.8) is 0 Å². The van der Waals surface area contributed by atoms with Crippen molar-refractivity contribution in [2.75, 3.05) is 0 Å². The molecule has 0 aliphatic rings. The Bertz CT molecular complexity index is 765. The second-order valence-corrected chi connectivity index (χ2v) is 6.84. The number of carbonyl (C=O) groups excluding carboxylic acids is 1. The first-order valence-corrected chi connectivity index (χ1v) is 8.46. The minimum atomic E-state index is 0.0563. The zero-order valence-corrected chi connectivity index (χ0v) is 14.1. The molecule has 1 nitrogen and oxygen atoms in total. The molecule has 0 saturated heterocycles. The summed E-state index contributed by atoms with van der Waals surface area (Å²) < 4.78 is 1.07. The van der Waals surface area contributed by atoms with Crippen LogP contribution in [0.4, 0.5) is 0 Å². The standard InChI is InChI=1S/C19H13BrOS/c20-16-8-12-18(13-9-16)22-17-10-6-15(7-11-17)19(21)14-4-2-1-3-5-14/h1-13H. The molecule has 0 aliphatic carbocycles. The molecule has 3 aromatic carbocycles. The second kappa shape index (κ2) is 6.95. The van der Waals surface area contributed by atoms with Gasteiger partial charge in [-0.05, 0) is 48.5 Å². The van der Waals surface area contributed by atoms with Crippen LogP contribution < -0.4 is 0 Å². The lowest BCUT2D eigenvalue weighted by Gasteiger charge is -2.04. The van der Waals surface area contributed by atoms with Crippen LogP contribution >= 0.6 is 27.7 Å². The molecule has 0 atom stereocenters. The van der Waals surface area contributed by atoms with Crippen LogP contribution in [0.2, 0.25) is 0 Å². The Kier molecular flexibility index (Phi) is 4.76. The number of carbonyl (C=O) groups is 1. The summed E-state index contributed by atoms with van der Waals surface area (Å²) in [4.78, 5) is 14.6. The van der Waals surface area contributed by atoms with E-state index in [0.29, 0.717) is 5.56 Å². The molecule has 0 bridgehead atoms. The molecular formula is C19H13BrOS. The summed E-state index contributed by atoms with van der Waals surface area (Å²) in [5.74, 6) is 0.0563. The lowest BCUT2D eigenvalue weighted by Crippen LogP contribution is -2.00. The van der Waals surface area contributed by atoms with Crippen LogP contribution in [0.15, 0.2) is 93.1 Å². The number of hydrogen-bond acceptors (Lipinski definition) is 2. The van der Waals surface area contributed by atoms with Gasteiger partial charge in [-0.2, -0.15) is 0 Å². The number of rotatable bonds is 4. The van der Waals surface area contributed by atoms with Gasteiger partial charge in [-0.3, -0.25) is 4.79 Å². The Morgan fingerprint density at radius 1 is 0.682 bits per heavy atom. The van der Waals surface area contributed by atoms with Crippen molar-refractivity contribution in [3.8, 4) is 0 Å². The van der Waals surface area contributed by atoms with Crippen molar-refractivity contribution < 1.29 is 4.79 Å². The van der Waals surface area contributed by atoms with E-state index in [4.69, 9.17) is 0 Å². The Morgan fingerprint density at radius 3 is 1.77 bits per heavy atom. The third-order valence-electron chi connectivity index (χ3n) is 3.20. The molecule has 22 heavy (non-hydrogen) atoms. The van der Waals surface area contributed by atoms with Gasteiger partial charge in [0.05, 0.1) is 0 Å². The molecule has 0 aromatic heterocycles. The predicted molar refractivity (Wildman–Crippen MR) is 94.6 cm³/mol. The van der Waals surface area contributed by atoms with Gasteiger partial charge in [0.25, 0.3) is 0 Å². The highest BCUT2D eigenvalue weighted by molar-refractivity contribution is 9.10. The molecule has 0 radical (unpaired) electrons. The van der Waals surface area contributed by atoms with Crippen LogP contribution in [-0.2, 0) is 0 Å². The van der Waals surface area contributed by atoms with Crippen LogP contribution in [0, 0.1) is 0 Å². The van der Waals surface area contributed by atoms with Gasteiger partial charge < -0.3 is 0 Å². The maximum absolute atomic E-state index is 12.3. The van der Waals surface area contributed by atoms with Crippen molar-refractivity contribution in [2.24, 2.45) is 0 Å². The first-order valence-electron chi connectivity index (χ1n) is 6.85. The highest BCUT2D eigenvalue weighted by Crippen LogP contribution is 2.29. The van der Waals surface area contributed by atoms with E-state index in [1.165, 1.54) is 4.90 Å². The summed E-state index contributed by atoms with van der Waals surface area (Å²) in [6.45, 7) is 0. The van der Waals surface area contributed by atoms with Gasteiger partial charge in [-0.25, -0.2) is 0 Å². The molecule has 0 N–H and O–H groups in total. The number of hydrogen-bond donors (Lipinski definition) is 0. The fourth-order valence-corrected chi connectivity index (χ4v) is 3.15. The second-order valence-electron chi connectivity index (χ2n) is 4.78. The van der Waals surface area contributed by atoms with Crippen molar-refractivity contribution in [1.29, 1.82) is 0 Å². The fraction of sp³-hybridized carbons (Fsp3) is 0. The van der Waals surface area contributed by atoms with E-state index in [9.17, 15) is 4.79 Å². The van der Waals surface area contributed by atoms with Gasteiger partial charge in [0.1, 0.15) is 0 Å². The molecule has 0 saturated carbocycles. The maximum atomic E-state index is 12.3. The molecule has 0 aliphatic heterocycles. The molecule has 3 heteroatoms. The first-order chi connectivity index (χ1) is 10.7. The SMILES string of the molecule is O=C(c1ccccc1)c1ccc(Sc2ccc(Br)cc2)cc1. The lowest BCUT2D eigenvalue weighted by molar-refractivity contribution is 0.103. The van der Waals surface area contributed by atoms with E-state index >= 15 is 0 Å². The van der Waals surface area contributed by atoms with E-state index in [0.717, 1.165) is 14.9 Å².